The number of benzene rings is 8. The van der Waals surface area contributed by atoms with Crippen molar-refractivity contribution >= 4 is 60.9 Å². The Labute approximate surface area is 295 Å². The van der Waals surface area contributed by atoms with Crippen LogP contribution in [0.1, 0.15) is 0 Å². The maximum atomic E-state index is 6.91. The van der Waals surface area contributed by atoms with E-state index in [9.17, 15) is 0 Å². The summed E-state index contributed by atoms with van der Waals surface area (Å²) in [6.07, 6.45) is 0. The van der Waals surface area contributed by atoms with E-state index in [0.717, 1.165) is 77.6 Å². The molecule has 10 aromatic rings. The molecule has 0 saturated heterocycles. The van der Waals surface area contributed by atoms with Gasteiger partial charge in [-0.15, -0.1) is 0 Å². The van der Waals surface area contributed by atoms with E-state index >= 15 is 0 Å². The van der Waals surface area contributed by atoms with Gasteiger partial charge < -0.3 is 13.7 Å². The van der Waals surface area contributed by atoms with Gasteiger partial charge >= 0.3 is 0 Å². The van der Waals surface area contributed by atoms with Gasteiger partial charge in [0.05, 0.1) is 11.4 Å². The Morgan fingerprint density at radius 3 is 1.67 bits per heavy atom. The highest BCUT2D eigenvalue weighted by Crippen LogP contribution is 2.45. The van der Waals surface area contributed by atoms with Gasteiger partial charge in [0.1, 0.15) is 16.7 Å². The van der Waals surface area contributed by atoms with E-state index in [2.05, 4.69) is 175 Å². The highest BCUT2D eigenvalue weighted by atomic mass is 16.3. The van der Waals surface area contributed by atoms with Crippen LogP contribution in [0.2, 0.25) is 0 Å². The van der Waals surface area contributed by atoms with Crippen LogP contribution in [-0.4, -0.2) is 0 Å². The topological polar surface area (TPSA) is 29.5 Å². The van der Waals surface area contributed by atoms with E-state index in [-0.39, 0.29) is 0 Å². The van der Waals surface area contributed by atoms with E-state index in [1.165, 1.54) is 16.7 Å². The number of hydrogen-bond acceptors (Lipinski definition) is 3. The quantitative estimate of drug-likeness (QED) is 0.179. The van der Waals surface area contributed by atoms with Crippen molar-refractivity contribution < 1.29 is 8.83 Å². The summed E-state index contributed by atoms with van der Waals surface area (Å²) < 4.78 is 13.3. The lowest BCUT2D eigenvalue weighted by molar-refractivity contribution is 0.668. The minimum Gasteiger partial charge on any atom is -0.456 e. The predicted octanol–water partition coefficient (Wildman–Crippen LogP) is 14.0. The molecular formula is C48H31NO2. The van der Waals surface area contributed by atoms with Gasteiger partial charge in [-0.1, -0.05) is 140 Å². The molecule has 0 aliphatic carbocycles. The van der Waals surface area contributed by atoms with Gasteiger partial charge in [0, 0.05) is 38.9 Å². The summed E-state index contributed by atoms with van der Waals surface area (Å²) >= 11 is 0. The van der Waals surface area contributed by atoms with Crippen molar-refractivity contribution in [2.45, 2.75) is 0 Å². The van der Waals surface area contributed by atoms with Crippen molar-refractivity contribution in [3.63, 3.8) is 0 Å². The number of fused-ring (bicyclic) bond motifs is 6. The van der Waals surface area contributed by atoms with Crippen molar-refractivity contribution in [2.75, 3.05) is 4.90 Å². The Kier molecular flexibility index (Phi) is 6.81. The summed E-state index contributed by atoms with van der Waals surface area (Å²) in [6.45, 7) is 0. The van der Waals surface area contributed by atoms with Gasteiger partial charge in [-0.25, -0.2) is 0 Å². The first-order valence-electron chi connectivity index (χ1n) is 17.3. The highest BCUT2D eigenvalue weighted by Gasteiger charge is 2.22. The van der Waals surface area contributed by atoms with Gasteiger partial charge in [0.15, 0.2) is 5.58 Å². The van der Waals surface area contributed by atoms with Gasteiger partial charge in [-0.05, 0) is 70.3 Å². The summed E-state index contributed by atoms with van der Waals surface area (Å²) in [5, 5.41) is 4.37. The molecule has 0 aliphatic rings. The Bertz CT molecular complexity index is 2850. The molecule has 2 aromatic heterocycles. The molecule has 2 heterocycles. The van der Waals surface area contributed by atoms with Crippen molar-refractivity contribution in [2.24, 2.45) is 0 Å². The molecule has 240 valence electrons. The Balaban J connectivity index is 1.15. The smallest absolute Gasteiger partial charge is 0.159 e. The molecule has 0 fully saturated rings. The highest BCUT2D eigenvalue weighted by molar-refractivity contribution is 6.14. The first kappa shape index (κ1) is 29.1. The van der Waals surface area contributed by atoms with Gasteiger partial charge in [-0.2, -0.15) is 0 Å². The van der Waals surface area contributed by atoms with E-state index in [4.69, 9.17) is 8.83 Å². The summed E-state index contributed by atoms with van der Waals surface area (Å²) in [7, 11) is 0. The largest absolute Gasteiger partial charge is 0.456 e. The van der Waals surface area contributed by atoms with Crippen LogP contribution in [0.15, 0.2) is 197 Å². The fourth-order valence-electron chi connectivity index (χ4n) is 7.42. The fraction of sp³-hybridized carbons (Fsp3) is 0. The zero-order valence-corrected chi connectivity index (χ0v) is 27.7. The number of furan rings is 2. The monoisotopic (exact) mass is 653 g/mol. The molecule has 0 radical (unpaired) electrons. The molecule has 0 saturated carbocycles. The lowest BCUT2D eigenvalue weighted by Gasteiger charge is -2.25. The van der Waals surface area contributed by atoms with E-state index in [0.29, 0.717) is 0 Å². The number of nitrogens with zero attached hydrogens (tertiary/aromatic N) is 1. The van der Waals surface area contributed by atoms with Crippen molar-refractivity contribution in [1.29, 1.82) is 0 Å². The standard InChI is InChI=1S/C48H31NO2/c1-3-12-32(13-4-1)35-16-9-17-36(30-35)33-24-26-37(27-25-33)49(38-28-29-41-40-18-7-8-23-45(40)50-46(41)31-38)44-22-11-21-43-42-20-10-19-39(47(42)51-48(43)44)34-14-5-2-6-15-34/h1-31H. The first-order chi connectivity index (χ1) is 25.3. The molecular weight excluding hydrogens is 623 g/mol. The van der Waals surface area contributed by atoms with Gasteiger partial charge in [-0.3, -0.25) is 0 Å². The van der Waals surface area contributed by atoms with Gasteiger partial charge in [0.25, 0.3) is 0 Å². The van der Waals surface area contributed by atoms with E-state index in [1.54, 1.807) is 0 Å². The fourth-order valence-corrected chi connectivity index (χ4v) is 7.42. The molecule has 0 amide bonds. The Hall–Kier alpha value is -6.84. The number of rotatable bonds is 6. The lowest BCUT2D eigenvalue weighted by atomic mass is 9.99. The van der Waals surface area contributed by atoms with Crippen LogP contribution in [0.4, 0.5) is 17.1 Å². The Morgan fingerprint density at radius 2 is 0.882 bits per heavy atom. The molecule has 0 bridgehead atoms. The molecule has 0 spiro atoms. The van der Waals surface area contributed by atoms with Crippen LogP contribution in [0.3, 0.4) is 0 Å². The predicted molar refractivity (Wildman–Crippen MR) is 212 cm³/mol. The van der Waals surface area contributed by atoms with Crippen molar-refractivity contribution in [1.82, 2.24) is 0 Å². The minimum absolute atomic E-state index is 0.834. The lowest BCUT2D eigenvalue weighted by Crippen LogP contribution is -2.10. The van der Waals surface area contributed by atoms with E-state index in [1.807, 2.05) is 18.2 Å². The maximum absolute atomic E-state index is 6.91. The normalized spacial score (nSPS) is 11.5. The molecule has 8 aromatic carbocycles. The molecule has 51 heavy (non-hydrogen) atoms. The molecule has 10 rings (SSSR count). The number of para-hydroxylation sites is 3. The second-order valence-corrected chi connectivity index (χ2v) is 12.9. The van der Waals surface area contributed by atoms with Crippen molar-refractivity contribution in [3.05, 3.63) is 188 Å². The zero-order chi connectivity index (χ0) is 33.7. The van der Waals surface area contributed by atoms with Crippen molar-refractivity contribution in [3.8, 4) is 33.4 Å². The van der Waals surface area contributed by atoms with Crippen LogP contribution in [0, 0.1) is 0 Å². The maximum Gasteiger partial charge on any atom is 0.159 e. The third kappa shape index (κ3) is 4.98. The van der Waals surface area contributed by atoms with Gasteiger partial charge in [0.2, 0.25) is 0 Å². The molecule has 3 nitrogen and oxygen atoms in total. The summed E-state index contributed by atoms with van der Waals surface area (Å²) in [4.78, 5) is 2.28. The molecule has 3 heteroatoms. The SMILES string of the molecule is c1ccc(-c2cccc(-c3ccc(N(c4ccc5c(c4)oc4ccccc45)c4cccc5c4oc4c(-c6ccccc6)cccc45)cc3)c2)cc1. The summed E-state index contributed by atoms with van der Waals surface area (Å²) in [5.41, 5.74) is 13.3. The van der Waals surface area contributed by atoms with Crippen LogP contribution in [-0.2, 0) is 0 Å². The zero-order valence-electron chi connectivity index (χ0n) is 27.7. The third-order valence-electron chi connectivity index (χ3n) is 9.88. The van der Waals surface area contributed by atoms with Crippen LogP contribution < -0.4 is 4.90 Å². The number of anilines is 3. The number of hydrogen-bond donors (Lipinski definition) is 0. The summed E-state index contributed by atoms with van der Waals surface area (Å²) in [5.74, 6) is 0. The molecule has 0 N–H and O–H groups in total. The average molecular weight is 654 g/mol. The molecule has 0 aliphatic heterocycles. The average Bonchev–Trinajstić information content (AvgIpc) is 3.78. The van der Waals surface area contributed by atoms with Crippen LogP contribution in [0.5, 0.6) is 0 Å². The summed E-state index contributed by atoms with van der Waals surface area (Å²) in [6, 6.07) is 66.0. The second-order valence-electron chi connectivity index (χ2n) is 12.9. The van der Waals surface area contributed by atoms with E-state index < -0.39 is 0 Å². The third-order valence-corrected chi connectivity index (χ3v) is 9.88. The molecule has 0 atom stereocenters. The molecule has 0 unspecified atom stereocenters. The van der Waals surface area contributed by atoms with Crippen LogP contribution in [0.25, 0.3) is 77.3 Å². The Morgan fingerprint density at radius 1 is 0.314 bits per heavy atom. The first-order valence-corrected chi connectivity index (χ1v) is 17.3. The minimum atomic E-state index is 0.834. The van der Waals surface area contributed by atoms with Crippen LogP contribution >= 0.6 is 0 Å². The second kappa shape index (κ2) is 11.9.